The molecule has 2 aliphatic rings. The van der Waals surface area contributed by atoms with Crippen molar-refractivity contribution in [2.75, 3.05) is 7.11 Å². The average Bonchev–Trinajstić information content (AvgIpc) is 2.51. The van der Waals surface area contributed by atoms with Crippen LogP contribution >= 0.6 is 0 Å². The van der Waals surface area contributed by atoms with Crippen molar-refractivity contribution in [1.29, 1.82) is 5.26 Å². The third-order valence-corrected chi connectivity index (χ3v) is 3.91. The number of allylic oxidation sites excluding steroid dienone is 1. The van der Waals surface area contributed by atoms with Gasteiger partial charge in [0, 0.05) is 13.0 Å². The maximum absolute atomic E-state index is 9.38. The van der Waals surface area contributed by atoms with Gasteiger partial charge < -0.3 is 4.74 Å². The molecule has 2 bridgehead atoms. The minimum absolute atomic E-state index is 0.0834. The highest BCUT2D eigenvalue weighted by Gasteiger charge is 2.53. The first-order valence-corrected chi connectivity index (χ1v) is 5.54. The maximum atomic E-state index is 9.38. The lowest BCUT2D eigenvalue weighted by Crippen LogP contribution is -2.35. The molecule has 80 valence electrons. The standard InChI is InChI=1S/C14H13NO/c1-16-14-8-4-6-11(13(14)9-15)10-5-2-3-7-12(10)14/h2-7,11,13H,8H2,1H3/t11-,13-,14-/m0/s1. The first-order chi connectivity index (χ1) is 7.83. The van der Waals surface area contributed by atoms with Crippen LogP contribution in [0.3, 0.4) is 0 Å². The zero-order chi connectivity index (χ0) is 11.2. The smallest absolute Gasteiger partial charge is 0.113 e. The fourth-order valence-corrected chi connectivity index (χ4v) is 3.16. The molecule has 0 aliphatic heterocycles. The molecular formula is C14H13NO. The van der Waals surface area contributed by atoms with E-state index in [0.29, 0.717) is 0 Å². The molecule has 0 amide bonds. The van der Waals surface area contributed by atoms with E-state index >= 15 is 0 Å². The molecule has 2 nitrogen and oxygen atoms in total. The Bertz CT molecular complexity index is 500. The predicted molar refractivity (Wildman–Crippen MR) is 60.7 cm³/mol. The number of nitriles is 1. The number of hydrogen-bond acceptors (Lipinski definition) is 2. The summed E-state index contributed by atoms with van der Waals surface area (Å²) in [5, 5.41) is 9.38. The van der Waals surface area contributed by atoms with E-state index in [-0.39, 0.29) is 11.8 Å². The molecule has 3 atom stereocenters. The van der Waals surface area contributed by atoms with Crippen molar-refractivity contribution in [3.63, 3.8) is 0 Å². The van der Waals surface area contributed by atoms with Gasteiger partial charge in [-0.15, -0.1) is 0 Å². The van der Waals surface area contributed by atoms with Gasteiger partial charge in [-0.05, 0) is 17.5 Å². The van der Waals surface area contributed by atoms with Crippen LogP contribution in [0.5, 0.6) is 0 Å². The third kappa shape index (κ3) is 0.942. The Balaban J connectivity index is 2.29. The molecule has 2 aliphatic carbocycles. The SMILES string of the molecule is CO[C@@]12CC=C[C@@H](c3ccccc31)[C@@H]2C#N. The van der Waals surface area contributed by atoms with Crippen molar-refractivity contribution in [3.8, 4) is 6.07 Å². The van der Waals surface area contributed by atoms with Crippen molar-refractivity contribution in [3.05, 3.63) is 47.5 Å². The van der Waals surface area contributed by atoms with Gasteiger partial charge in [-0.2, -0.15) is 5.26 Å². The van der Waals surface area contributed by atoms with E-state index in [9.17, 15) is 5.26 Å². The first-order valence-electron chi connectivity index (χ1n) is 5.54. The molecule has 1 aromatic carbocycles. The minimum atomic E-state index is -0.412. The van der Waals surface area contributed by atoms with Gasteiger partial charge in [-0.1, -0.05) is 36.4 Å². The predicted octanol–water partition coefficient (Wildman–Crippen LogP) is 2.73. The van der Waals surface area contributed by atoms with Crippen molar-refractivity contribution in [1.82, 2.24) is 0 Å². The van der Waals surface area contributed by atoms with E-state index in [2.05, 4.69) is 30.4 Å². The zero-order valence-electron chi connectivity index (χ0n) is 9.18. The van der Waals surface area contributed by atoms with Crippen LogP contribution in [0.4, 0.5) is 0 Å². The van der Waals surface area contributed by atoms with Crippen LogP contribution in [0.25, 0.3) is 0 Å². The number of hydrogen-bond donors (Lipinski definition) is 0. The Morgan fingerprint density at radius 1 is 1.44 bits per heavy atom. The Morgan fingerprint density at radius 2 is 2.25 bits per heavy atom. The summed E-state index contributed by atoms with van der Waals surface area (Å²) in [5.41, 5.74) is 2.04. The summed E-state index contributed by atoms with van der Waals surface area (Å²) in [5.74, 6) is 0.120. The molecule has 0 saturated carbocycles. The van der Waals surface area contributed by atoms with Gasteiger partial charge in [0.1, 0.15) is 5.60 Å². The highest BCUT2D eigenvalue weighted by molar-refractivity contribution is 5.49. The number of ether oxygens (including phenoxy) is 1. The number of fused-ring (bicyclic) bond motifs is 5. The van der Waals surface area contributed by atoms with Crippen LogP contribution in [0.1, 0.15) is 23.5 Å². The normalized spacial score (nSPS) is 34.5. The fraction of sp³-hybridized carbons (Fsp3) is 0.357. The maximum Gasteiger partial charge on any atom is 0.113 e. The van der Waals surface area contributed by atoms with Gasteiger partial charge >= 0.3 is 0 Å². The molecule has 0 N–H and O–H groups in total. The molecule has 3 rings (SSSR count). The number of methoxy groups -OCH3 is 1. The van der Waals surface area contributed by atoms with Gasteiger partial charge in [-0.3, -0.25) is 0 Å². The molecule has 0 spiro atoms. The van der Waals surface area contributed by atoms with E-state index in [1.807, 2.05) is 12.1 Å². The van der Waals surface area contributed by atoms with Gasteiger partial charge in [-0.25, -0.2) is 0 Å². The van der Waals surface area contributed by atoms with Crippen LogP contribution < -0.4 is 0 Å². The Hall–Kier alpha value is -1.59. The van der Waals surface area contributed by atoms with E-state index in [1.54, 1.807) is 7.11 Å². The molecule has 0 saturated heterocycles. The number of rotatable bonds is 1. The lowest BCUT2D eigenvalue weighted by Gasteiger charge is -2.34. The first kappa shape index (κ1) is 9.62. The van der Waals surface area contributed by atoms with Crippen LogP contribution in [-0.2, 0) is 10.3 Å². The minimum Gasteiger partial charge on any atom is -0.372 e. The fourth-order valence-electron chi connectivity index (χ4n) is 3.16. The quantitative estimate of drug-likeness (QED) is 0.669. The van der Waals surface area contributed by atoms with Crippen molar-refractivity contribution in [2.24, 2.45) is 5.92 Å². The molecule has 0 aromatic heterocycles. The van der Waals surface area contributed by atoms with Crippen molar-refractivity contribution < 1.29 is 4.74 Å². The largest absolute Gasteiger partial charge is 0.372 e. The lowest BCUT2D eigenvalue weighted by molar-refractivity contribution is -0.0410. The Labute approximate surface area is 95.2 Å². The summed E-state index contributed by atoms with van der Waals surface area (Å²) in [7, 11) is 1.71. The van der Waals surface area contributed by atoms with Gasteiger partial charge in [0.25, 0.3) is 0 Å². The summed E-state index contributed by atoms with van der Waals surface area (Å²) in [6, 6.07) is 10.7. The molecule has 0 fully saturated rings. The Kier molecular flexibility index (Phi) is 1.92. The average molecular weight is 211 g/mol. The molecule has 2 heteroatoms. The summed E-state index contributed by atoms with van der Waals surface area (Å²) in [6.07, 6.45) is 5.09. The van der Waals surface area contributed by atoms with E-state index < -0.39 is 5.60 Å². The van der Waals surface area contributed by atoms with Gasteiger partial charge in [0.2, 0.25) is 0 Å². The Morgan fingerprint density at radius 3 is 3.00 bits per heavy atom. The second-order valence-electron chi connectivity index (χ2n) is 4.45. The molecule has 0 heterocycles. The molecular weight excluding hydrogens is 198 g/mol. The van der Waals surface area contributed by atoms with Crippen LogP contribution in [0.15, 0.2) is 36.4 Å². The van der Waals surface area contributed by atoms with Crippen molar-refractivity contribution in [2.45, 2.75) is 17.9 Å². The summed E-state index contributed by atoms with van der Waals surface area (Å²) < 4.78 is 5.73. The lowest BCUT2D eigenvalue weighted by atomic mass is 9.78. The second kappa shape index (κ2) is 3.20. The molecule has 0 radical (unpaired) electrons. The molecule has 0 unspecified atom stereocenters. The van der Waals surface area contributed by atoms with Gasteiger partial charge in [0.15, 0.2) is 0 Å². The van der Waals surface area contributed by atoms with E-state index in [0.717, 1.165) is 6.42 Å². The second-order valence-corrected chi connectivity index (χ2v) is 4.45. The zero-order valence-corrected chi connectivity index (χ0v) is 9.18. The summed E-state index contributed by atoms with van der Waals surface area (Å²) in [6.45, 7) is 0. The molecule has 1 aromatic rings. The van der Waals surface area contributed by atoms with Crippen LogP contribution in [-0.4, -0.2) is 7.11 Å². The highest BCUT2D eigenvalue weighted by atomic mass is 16.5. The third-order valence-electron chi connectivity index (χ3n) is 3.91. The number of nitrogens with zero attached hydrogens (tertiary/aromatic N) is 1. The van der Waals surface area contributed by atoms with Crippen LogP contribution in [0.2, 0.25) is 0 Å². The van der Waals surface area contributed by atoms with Crippen molar-refractivity contribution >= 4 is 0 Å². The van der Waals surface area contributed by atoms with Gasteiger partial charge in [0.05, 0.1) is 12.0 Å². The molecule has 16 heavy (non-hydrogen) atoms. The van der Waals surface area contributed by atoms with E-state index in [4.69, 9.17) is 4.74 Å². The number of benzene rings is 1. The van der Waals surface area contributed by atoms with Crippen LogP contribution in [0, 0.1) is 17.2 Å². The highest BCUT2D eigenvalue weighted by Crippen LogP contribution is 2.55. The monoisotopic (exact) mass is 211 g/mol. The summed E-state index contributed by atoms with van der Waals surface area (Å²) >= 11 is 0. The topological polar surface area (TPSA) is 33.0 Å². The summed E-state index contributed by atoms with van der Waals surface area (Å²) in [4.78, 5) is 0. The van der Waals surface area contributed by atoms with E-state index in [1.165, 1.54) is 11.1 Å².